The third kappa shape index (κ3) is 2.51. The molecule has 1 heterocycles. The molecule has 0 amide bonds. The zero-order valence-corrected chi connectivity index (χ0v) is 11.5. The zero-order chi connectivity index (χ0) is 12.7. The van der Waals surface area contributed by atoms with Gasteiger partial charge in [-0.15, -0.1) is 0 Å². The number of β-amino-alcohol motifs (C(OH)–C–C–N with tert-alkyl or cyclic N) is 1. The van der Waals surface area contributed by atoms with Gasteiger partial charge in [0.2, 0.25) is 10.0 Å². The SMILES string of the molecule is CC1(C)CCC(O)CN1S(=O)(=O)C1CCCC1. The summed E-state index contributed by atoms with van der Waals surface area (Å²) in [5.74, 6) is 0. The van der Waals surface area contributed by atoms with Crippen molar-refractivity contribution in [2.75, 3.05) is 6.54 Å². The van der Waals surface area contributed by atoms with E-state index >= 15 is 0 Å². The minimum absolute atomic E-state index is 0.216. The van der Waals surface area contributed by atoms with Crippen LogP contribution in [0.2, 0.25) is 0 Å². The highest BCUT2D eigenvalue weighted by Gasteiger charge is 2.44. The Hall–Kier alpha value is -0.130. The lowest BCUT2D eigenvalue weighted by Gasteiger charge is -2.44. The second-order valence-corrected chi connectivity index (χ2v) is 8.12. The quantitative estimate of drug-likeness (QED) is 0.819. The van der Waals surface area contributed by atoms with Gasteiger partial charge in [0.15, 0.2) is 0 Å². The van der Waals surface area contributed by atoms with Crippen LogP contribution in [0.3, 0.4) is 0 Å². The summed E-state index contributed by atoms with van der Waals surface area (Å²) in [6.45, 7) is 4.20. The number of hydrogen-bond acceptors (Lipinski definition) is 3. The summed E-state index contributed by atoms with van der Waals surface area (Å²) in [5.41, 5.74) is -0.347. The lowest BCUT2D eigenvalue weighted by atomic mass is 9.92. The summed E-state index contributed by atoms with van der Waals surface area (Å²) in [4.78, 5) is 0. The predicted octanol–water partition coefficient (Wildman–Crippen LogP) is 1.49. The van der Waals surface area contributed by atoms with Crippen LogP contribution in [0, 0.1) is 0 Å². The van der Waals surface area contributed by atoms with Gasteiger partial charge >= 0.3 is 0 Å². The van der Waals surface area contributed by atoms with Crippen LogP contribution < -0.4 is 0 Å². The molecule has 1 unspecified atom stereocenters. The van der Waals surface area contributed by atoms with Crippen molar-refractivity contribution in [2.45, 2.75) is 69.3 Å². The van der Waals surface area contributed by atoms with Gasteiger partial charge in [-0.25, -0.2) is 8.42 Å². The molecule has 1 saturated carbocycles. The van der Waals surface area contributed by atoms with Crippen molar-refractivity contribution >= 4 is 10.0 Å². The van der Waals surface area contributed by atoms with Gasteiger partial charge in [0.1, 0.15) is 0 Å². The minimum atomic E-state index is -3.23. The van der Waals surface area contributed by atoms with Gasteiger partial charge in [0, 0.05) is 12.1 Å². The van der Waals surface area contributed by atoms with Crippen LogP contribution in [0.1, 0.15) is 52.4 Å². The van der Waals surface area contributed by atoms with Crippen LogP contribution in [0.25, 0.3) is 0 Å². The smallest absolute Gasteiger partial charge is 0.217 e. The fourth-order valence-electron chi connectivity index (χ4n) is 2.99. The average Bonchev–Trinajstić information content (AvgIpc) is 2.75. The Kier molecular flexibility index (Phi) is 3.54. The first kappa shape index (κ1) is 13.3. The first-order valence-electron chi connectivity index (χ1n) is 6.54. The molecule has 0 spiro atoms. The normalized spacial score (nSPS) is 31.8. The standard InChI is InChI=1S/C12H23NO3S/c1-12(2)8-7-10(14)9-13(12)17(15,16)11-5-3-4-6-11/h10-11,14H,3-9H2,1-2H3. The molecule has 1 N–H and O–H groups in total. The van der Waals surface area contributed by atoms with E-state index in [9.17, 15) is 13.5 Å². The van der Waals surface area contributed by atoms with Crippen molar-refractivity contribution < 1.29 is 13.5 Å². The average molecular weight is 261 g/mol. The monoisotopic (exact) mass is 261 g/mol. The summed E-state index contributed by atoms with van der Waals surface area (Å²) >= 11 is 0. The van der Waals surface area contributed by atoms with E-state index in [1.807, 2.05) is 13.8 Å². The number of aliphatic hydroxyl groups is 1. The Labute approximate surface area is 104 Å². The van der Waals surface area contributed by atoms with Gasteiger partial charge in [-0.05, 0) is 39.5 Å². The Morgan fingerprint density at radius 1 is 1.18 bits per heavy atom. The van der Waals surface area contributed by atoms with Gasteiger partial charge in [0.25, 0.3) is 0 Å². The topological polar surface area (TPSA) is 57.6 Å². The molecule has 5 heteroatoms. The van der Waals surface area contributed by atoms with Crippen LogP contribution in [0.5, 0.6) is 0 Å². The maximum Gasteiger partial charge on any atom is 0.217 e. The van der Waals surface area contributed by atoms with Gasteiger partial charge < -0.3 is 5.11 Å². The zero-order valence-electron chi connectivity index (χ0n) is 10.7. The molecule has 2 aliphatic rings. The van der Waals surface area contributed by atoms with Gasteiger partial charge in [0.05, 0.1) is 11.4 Å². The van der Waals surface area contributed by atoms with Crippen LogP contribution in [0.15, 0.2) is 0 Å². The molecule has 1 saturated heterocycles. The molecule has 2 fully saturated rings. The molecule has 100 valence electrons. The number of aliphatic hydroxyl groups excluding tert-OH is 1. The largest absolute Gasteiger partial charge is 0.392 e. The maximum absolute atomic E-state index is 12.6. The van der Waals surface area contributed by atoms with Crippen LogP contribution in [-0.4, -0.2) is 41.3 Å². The summed E-state index contributed by atoms with van der Waals surface area (Å²) < 4.78 is 26.7. The first-order chi connectivity index (χ1) is 7.84. The van der Waals surface area contributed by atoms with E-state index in [0.717, 1.165) is 32.1 Å². The lowest BCUT2D eigenvalue weighted by molar-refractivity contribution is 0.0474. The van der Waals surface area contributed by atoms with Gasteiger partial charge in [-0.3, -0.25) is 0 Å². The van der Waals surface area contributed by atoms with Gasteiger partial charge in [-0.1, -0.05) is 12.8 Å². The first-order valence-corrected chi connectivity index (χ1v) is 8.04. The molecule has 0 radical (unpaired) electrons. The molecular formula is C12H23NO3S. The summed E-state index contributed by atoms with van der Waals surface area (Å²) in [6.07, 6.45) is 4.53. The van der Waals surface area contributed by atoms with E-state index in [1.54, 1.807) is 4.31 Å². The second kappa shape index (κ2) is 4.52. The van der Waals surface area contributed by atoms with Crippen LogP contribution in [0.4, 0.5) is 0 Å². The molecule has 2 rings (SSSR count). The lowest BCUT2D eigenvalue weighted by Crippen LogP contribution is -2.56. The van der Waals surface area contributed by atoms with E-state index in [1.165, 1.54) is 0 Å². The number of piperidine rings is 1. The summed E-state index contributed by atoms with van der Waals surface area (Å²) in [5, 5.41) is 9.50. The number of hydrogen-bond donors (Lipinski definition) is 1. The molecule has 0 bridgehead atoms. The Morgan fingerprint density at radius 2 is 1.76 bits per heavy atom. The number of sulfonamides is 1. The van der Waals surface area contributed by atoms with E-state index in [-0.39, 0.29) is 17.3 Å². The summed E-state index contributed by atoms with van der Waals surface area (Å²) in [7, 11) is -3.23. The highest BCUT2D eigenvalue weighted by atomic mass is 32.2. The Balaban J connectivity index is 2.23. The Morgan fingerprint density at radius 3 is 2.35 bits per heavy atom. The van der Waals surface area contributed by atoms with Crippen LogP contribution in [-0.2, 0) is 10.0 Å². The molecule has 1 aliphatic heterocycles. The molecular weight excluding hydrogens is 238 g/mol. The predicted molar refractivity (Wildman–Crippen MR) is 67.2 cm³/mol. The fraction of sp³-hybridized carbons (Fsp3) is 1.00. The van der Waals surface area contributed by atoms with E-state index < -0.39 is 16.1 Å². The van der Waals surface area contributed by atoms with E-state index in [4.69, 9.17) is 0 Å². The van der Waals surface area contributed by atoms with Crippen molar-refractivity contribution in [2.24, 2.45) is 0 Å². The van der Waals surface area contributed by atoms with E-state index in [2.05, 4.69) is 0 Å². The van der Waals surface area contributed by atoms with Crippen molar-refractivity contribution in [1.29, 1.82) is 0 Å². The third-order valence-electron chi connectivity index (χ3n) is 4.17. The van der Waals surface area contributed by atoms with Crippen molar-refractivity contribution in [1.82, 2.24) is 4.31 Å². The highest BCUT2D eigenvalue weighted by molar-refractivity contribution is 7.89. The molecule has 4 nitrogen and oxygen atoms in total. The number of nitrogens with zero attached hydrogens (tertiary/aromatic N) is 1. The minimum Gasteiger partial charge on any atom is -0.392 e. The molecule has 1 aliphatic carbocycles. The van der Waals surface area contributed by atoms with Crippen molar-refractivity contribution in [3.8, 4) is 0 Å². The molecule has 17 heavy (non-hydrogen) atoms. The van der Waals surface area contributed by atoms with Gasteiger partial charge in [-0.2, -0.15) is 4.31 Å². The van der Waals surface area contributed by atoms with E-state index in [0.29, 0.717) is 6.42 Å². The molecule has 0 aromatic rings. The summed E-state index contributed by atoms with van der Waals surface area (Å²) in [6, 6.07) is 0. The molecule has 0 aromatic carbocycles. The Bertz CT molecular complexity index is 371. The second-order valence-electron chi connectivity index (χ2n) is 5.99. The molecule has 1 atom stereocenters. The molecule has 0 aromatic heterocycles. The van der Waals surface area contributed by atoms with Crippen LogP contribution >= 0.6 is 0 Å². The number of rotatable bonds is 2. The third-order valence-corrected chi connectivity index (χ3v) is 6.74. The maximum atomic E-state index is 12.6. The van der Waals surface area contributed by atoms with Crippen molar-refractivity contribution in [3.05, 3.63) is 0 Å². The highest BCUT2D eigenvalue weighted by Crippen LogP contribution is 2.35. The fourth-order valence-corrected chi connectivity index (χ4v) is 5.44. The van der Waals surface area contributed by atoms with Crippen molar-refractivity contribution in [3.63, 3.8) is 0 Å².